The van der Waals surface area contributed by atoms with E-state index in [1.165, 1.54) is 12.1 Å². The first-order chi connectivity index (χ1) is 13.5. The van der Waals surface area contributed by atoms with E-state index in [2.05, 4.69) is 10.6 Å². The number of nitrogens with zero attached hydrogens (tertiary/aromatic N) is 1. The van der Waals surface area contributed by atoms with Crippen LogP contribution in [0.5, 0.6) is 0 Å². The fourth-order valence-electron chi connectivity index (χ4n) is 3.31. The first kappa shape index (κ1) is 22.8. The largest absolute Gasteiger partial charge is 0.395 e. The molecule has 1 amide bonds. The van der Waals surface area contributed by atoms with Gasteiger partial charge in [-0.2, -0.15) is 0 Å². The summed E-state index contributed by atoms with van der Waals surface area (Å²) < 4.78 is 15.2. The molecule has 3 N–H and O–H groups in total. The number of hydrogen-bond donors (Lipinski definition) is 3. The number of carbonyl (C=O) groups excluding carboxylic acids is 2. The van der Waals surface area contributed by atoms with E-state index in [4.69, 9.17) is 0 Å². The highest BCUT2D eigenvalue weighted by Gasteiger charge is 2.26. The SMILES string of the molecule is Cc1cc(NC(=O)c2c(C)c(C(=O)CNC(C)(C)C)n(CCO)c2C)ccc1F. The monoisotopic (exact) mass is 403 g/mol. The first-order valence-corrected chi connectivity index (χ1v) is 9.62. The molecule has 0 saturated heterocycles. The lowest BCUT2D eigenvalue weighted by molar-refractivity contribution is 0.0970. The van der Waals surface area contributed by atoms with Crippen LogP contribution in [0.25, 0.3) is 0 Å². The number of aliphatic hydroxyl groups excluding tert-OH is 1. The lowest BCUT2D eigenvalue weighted by atomic mass is 10.1. The highest BCUT2D eigenvalue weighted by molar-refractivity contribution is 6.09. The molecule has 0 atom stereocenters. The zero-order valence-corrected chi connectivity index (χ0v) is 17.9. The fraction of sp³-hybridized carbons (Fsp3) is 0.455. The topological polar surface area (TPSA) is 83.4 Å². The second-order valence-electron chi connectivity index (χ2n) is 8.25. The van der Waals surface area contributed by atoms with E-state index in [-0.39, 0.29) is 42.7 Å². The standard InChI is InChI=1S/C22H30FN3O3/c1-13-11-16(7-8-17(13)23)25-21(29)19-14(2)20(26(9-10-27)15(19)3)18(28)12-24-22(4,5)6/h7-8,11,24,27H,9-10,12H2,1-6H3,(H,25,29). The Bertz CT molecular complexity index is 926. The number of aliphatic hydroxyl groups is 1. The van der Waals surface area contributed by atoms with E-state index in [9.17, 15) is 19.1 Å². The Morgan fingerprint density at radius 1 is 1.17 bits per heavy atom. The molecule has 0 aliphatic rings. The molecule has 1 heterocycles. The van der Waals surface area contributed by atoms with Crippen LogP contribution >= 0.6 is 0 Å². The van der Waals surface area contributed by atoms with Crippen LogP contribution in [-0.2, 0) is 6.54 Å². The molecule has 2 rings (SSSR count). The highest BCUT2D eigenvalue weighted by atomic mass is 19.1. The summed E-state index contributed by atoms with van der Waals surface area (Å²) in [5.74, 6) is -0.866. The van der Waals surface area contributed by atoms with Gasteiger partial charge in [0.1, 0.15) is 5.82 Å². The van der Waals surface area contributed by atoms with E-state index in [1.54, 1.807) is 31.4 Å². The van der Waals surface area contributed by atoms with Crippen molar-refractivity contribution in [2.24, 2.45) is 0 Å². The molecule has 0 bridgehead atoms. The van der Waals surface area contributed by atoms with Crippen LogP contribution < -0.4 is 10.6 Å². The number of anilines is 1. The average molecular weight is 403 g/mol. The molecule has 0 aliphatic carbocycles. The lowest BCUT2D eigenvalue weighted by Gasteiger charge is -2.20. The number of carbonyl (C=O) groups is 2. The third-order valence-corrected chi connectivity index (χ3v) is 4.78. The van der Waals surface area contributed by atoms with Crippen LogP contribution in [0.3, 0.4) is 0 Å². The van der Waals surface area contributed by atoms with Crippen molar-refractivity contribution in [2.45, 2.75) is 53.6 Å². The molecule has 0 aliphatic heterocycles. The van der Waals surface area contributed by atoms with Crippen LogP contribution in [0.15, 0.2) is 18.2 Å². The molecule has 1 aromatic carbocycles. The maximum absolute atomic E-state index is 13.5. The van der Waals surface area contributed by atoms with Crippen molar-refractivity contribution in [1.82, 2.24) is 9.88 Å². The van der Waals surface area contributed by atoms with Crippen molar-refractivity contribution >= 4 is 17.4 Å². The van der Waals surface area contributed by atoms with E-state index >= 15 is 0 Å². The number of rotatable bonds is 7. The summed E-state index contributed by atoms with van der Waals surface area (Å²) in [6, 6.07) is 4.35. The summed E-state index contributed by atoms with van der Waals surface area (Å²) in [5.41, 5.74) is 2.64. The summed E-state index contributed by atoms with van der Waals surface area (Å²) in [6.45, 7) is 11.2. The van der Waals surface area contributed by atoms with Crippen molar-refractivity contribution in [3.8, 4) is 0 Å². The van der Waals surface area contributed by atoms with Crippen molar-refractivity contribution in [3.63, 3.8) is 0 Å². The molecule has 0 saturated carbocycles. The Balaban J connectivity index is 2.40. The van der Waals surface area contributed by atoms with Crippen LogP contribution in [-0.4, -0.2) is 40.1 Å². The number of Topliss-reactive ketones (excluding diaryl/α,β-unsaturated/α-hetero) is 1. The van der Waals surface area contributed by atoms with Gasteiger partial charge in [0.25, 0.3) is 5.91 Å². The number of ketones is 1. The molecule has 158 valence electrons. The fourth-order valence-corrected chi connectivity index (χ4v) is 3.31. The lowest BCUT2D eigenvalue weighted by Crippen LogP contribution is -2.40. The maximum Gasteiger partial charge on any atom is 0.257 e. The van der Waals surface area contributed by atoms with E-state index < -0.39 is 0 Å². The Morgan fingerprint density at radius 2 is 1.83 bits per heavy atom. The van der Waals surface area contributed by atoms with Gasteiger partial charge in [-0.15, -0.1) is 0 Å². The van der Waals surface area contributed by atoms with Crippen LogP contribution in [0, 0.1) is 26.6 Å². The normalized spacial score (nSPS) is 11.6. The second kappa shape index (κ2) is 8.88. The summed E-state index contributed by atoms with van der Waals surface area (Å²) >= 11 is 0. The number of hydrogen-bond acceptors (Lipinski definition) is 4. The summed E-state index contributed by atoms with van der Waals surface area (Å²) in [6.07, 6.45) is 0. The Labute approximate surface area is 171 Å². The smallest absolute Gasteiger partial charge is 0.257 e. The van der Waals surface area contributed by atoms with E-state index in [1.807, 2.05) is 20.8 Å². The van der Waals surface area contributed by atoms with Crippen LogP contribution in [0.1, 0.15) is 58.4 Å². The minimum Gasteiger partial charge on any atom is -0.395 e. The van der Waals surface area contributed by atoms with Gasteiger partial charge in [0.15, 0.2) is 5.78 Å². The predicted molar refractivity (Wildman–Crippen MR) is 112 cm³/mol. The molecular formula is C22H30FN3O3. The van der Waals surface area contributed by atoms with Gasteiger partial charge in [0, 0.05) is 23.5 Å². The van der Waals surface area contributed by atoms with E-state index in [0.717, 1.165) is 0 Å². The number of amides is 1. The predicted octanol–water partition coefficient (Wildman–Crippen LogP) is 3.37. The number of aryl methyl sites for hydroxylation is 1. The minimum absolute atomic E-state index is 0.122. The Morgan fingerprint density at radius 3 is 2.38 bits per heavy atom. The average Bonchev–Trinajstić information content (AvgIpc) is 2.86. The Kier molecular flexibility index (Phi) is 6.97. The zero-order valence-electron chi connectivity index (χ0n) is 17.9. The van der Waals surface area contributed by atoms with Gasteiger partial charge < -0.3 is 20.3 Å². The summed E-state index contributed by atoms with van der Waals surface area (Å²) in [4.78, 5) is 25.9. The second-order valence-corrected chi connectivity index (χ2v) is 8.25. The molecule has 7 heteroatoms. The third kappa shape index (κ3) is 5.31. The quantitative estimate of drug-likeness (QED) is 0.619. The van der Waals surface area contributed by atoms with Crippen molar-refractivity contribution in [2.75, 3.05) is 18.5 Å². The molecule has 2 aromatic rings. The number of aromatic nitrogens is 1. The van der Waals surface area contributed by atoms with Crippen molar-refractivity contribution in [1.29, 1.82) is 0 Å². The molecule has 0 spiro atoms. The molecule has 6 nitrogen and oxygen atoms in total. The number of halogens is 1. The first-order valence-electron chi connectivity index (χ1n) is 9.62. The highest BCUT2D eigenvalue weighted by Crippen LogP contribution is 2.25. The summed E-state index contributed by atoms with van der Waals surface area (Å²) in [5, 5.41) is 15.4. The minimum atomic E-state index is -0.375. The van der Waals surface area contributed by atoms with Gasteiger partial charge >= 0.3 is 0 Å². The maximum atomic E-state index is 13.5. The molecule has 0 unspecified atom stereocenters. The number of benzene rings is 1. The van der Waals surface area contributed by atoms with Crippen LogP contribution in [0.2, 0.25) is 0 Å². The molecule has 1 aromatic heterocycles. The van der Waals surface area contributed by atoms with Crippen molar-refractivity contribution in [3.05, 3.63) is 52.1 Å². The third-order valence-electron chi connectivity index (χ3n) is 4.78. The molecular weight excluding hydrogens is 373 g/mol. The number of nitrogens with one attached hydrogen (secondary N) is 2. The zero-order chi connectivity index (χ0) is 21.9. The van der Waals surface area contributed by atoms with Gasteiger partial charge in [-0.3, -0.25) is 9.59 Å². The van der Waals surface area contributed by atoms with Gasteiger partial charge in [0.05, 0.1) is 24.4 Å². The Hall–Kier alpha value is -2.51. The van der Waals surface area contributed by atoms with Gasteiger partial charge in [-0.25, -0.2) is 4.39 Å². The van der Waals surface area contributed by atoms with Crippen molar-refractivity contribution < 1.29 is 19.1 Å². The van der Waals surface area contributed by atoms with Gasteiger partial charge in [-0.1, -0.05) is 0 Å². The molecule has 0 fully saturated rings. The van der Waals surface area contributed by atoms with E-state index in [0.29, 0.717) is 33.8 Å². The van der Waals surface area contributed by atoms with Gasteiger partial charge in [-0.05, 0) is 70.9 Å². The molecule has 0 radical (unpaired) electrons. The van der Waals surface area contributed by atoms with Crippen LogP contribution in [0.4, 0.5) is 10.1 Å². The summed E-state index contributed by atoms with van der Waals surface area (Å²) in [7, 11) is 0. The van der Waals surface area contributed by atoms with Gasteiger partial charge in [0.2, 0.25) is 0 Å². The molecule has 29 heavy (non-hydrogen) atoms.